The number of fused-ring (bicyclic) bond motifs is 1. The molecule has 0 atom stereocenters. The van der Waals surface area contributed by atoms with Gasteiger partial charge >= 0.3 is 0 Å². The molecule has 29 heavy (non-hydrogen) atoms. The van der Waals surface area contributed by atoms with Crippen molar-refractivity contribution >= 4 is 32.7 Å². The maximum absolute atomic E-state index is 13.1. The highest BCUT2D eigenvalue weighted by atomic mass is 32.2. The molecular formula is C20H22N4O4S. The number of rotatable bonds is 5. The maximum Gasteiger partial charge on any atom is 0.245 e. The van der Waals surface area contributed by atoms with Gasteiger partial charge in [-0.05, 0) is 53.3 Å². The molecule has 2 aromatic carbocycles. The zero-order chi connectivity index (χ0) is 20.4. The van der Waals surface area contributed by atoms with E-state index >= 15 is 0 Å². The number of aryl methyl sites for hydroxylation is 1. The van der Waals surface area contributed by atoms with Crippen LogP contribution in [0.1, 0.15) is 25.3 Å². The third-order valence-corrected chi connectivity index (χ3v) is 7.28. The number of anilines is 1. The monoisotopic (exact) mass is 414 g/mol. The summed E-state index contributed by atoms with van der Waals surface area (Å²) >= 11 is 0. The van der Waals surface area contributed by atoms with E-state index in [1.807, 2.05) is 31.2 Å². The van der Waals surface area contributed by atoms with Gasteiger partial charge in [0.2, 0.25) is 15.9 Å². The summed E-state index contributed by atoms with van der Waals surface area (Å²) in [4.78, 5) is 12.8. The minimum absolute atomic E-state index is 0.0641. The molecule has 1 aliphatic heterocycles. The van der Waals surface area contributed by atoms with Crippen LogP contribution in [0, 0.1) is 5.92 Å². The van der Waals surface area contributed by atoms with Gasteiger partial charge in [0.05, 0.1) is 0 Å². The molecule has 152 valence electrons. The summed E-state index contributed by atoms with van der Waals surface area (Å²) in [6.45, 7) is 2.59. The van der Waals surface area contributed by atoms with E-state index in [2.05, 4.69) is 20.3 Å². The summed E-state index contributed by atoms with van der Waals surface area (Å²) < 4.78 is 32.2. The Kier molecular flexibility index (Phi) is 5.33. The van der Waals surface area contributed by atoms with E-state index in [4.69, 9.17) is 0 Å². The molecule has 1 N–H and O–H groups in total. The van der Waals surface area contributed by atoms with E-state index in [0.29, 0.717) is 18.4 Å². The van der Waals surface area contributed by atoms with Crippen LogP contribution in [0.3, 0.4) is 0 Å². The molecule has 0 aliphatic carbocycles. The van der Waals surface area contributed by atoms with Gasteiger partial charge in [-0.1, -0.05) is 31.2 Å². The summed E-state index contributed by atoms with van der Waals surface area (Å²) in [5.74, 6) is -0.290. The molecule has 1 aliphatic rings. The zero-order valence-corrected chi connectivity index (χ0v) is 16.9. The molecule has 3 aromatic rings. The van der Waals surface area contributed by atoms with E-state index in [9.17, 15) is 13.2 Å². The number of carbonyl (C=O) groups is 1. The van der Waals surface area contributed by atoms with Gasteiger partial charge in [-0.25, -0.2) is 13.0 Å². The number of amides is 1. The normalized spacial score (nSPS) is 16.2. The highest BCUT2D eigenvalue weighted by Gasteiger charge is 2.33. The predicted octanol–water partition coefficient (Wildman–Crippen LogP) is 2.82. The number of hydrogen-bond acceptors (Lipinski definition) is 6. The van der Waals surface area contributed by atoms with Crippen molar-refractivity contribution in [3.05, 3.63) is 48.0 Å². The third kappa shape index (κ3) is 3.75. The molecule has 1 aromatic heterocycles. The molecular weight excluding hydrogens is 392 g/mol. The van der Waals surface area contributed by atoms with Crippen LogP contribution in [0.5, 0.6) is 0 Å². The number of piperidine rings is 1. The van der Waals surface area contributed by atoms with Gasteiger partial charge in [0.25, 0.3) is 0 Å². The Morgan fingerprint density at radius 2 is 1.90 bits per heavy atom. The van der Waals surface area contributed by atoms with E-state index in [1.54, 1.807) is 12.1 Å². The van der Waals surface area contributed by atoms with Crippen molar-refractivity contribution in [3.63, 3.8) is 0 Å². The number of benzene rings is 2. The standard InChI is InChI=1S/C20H22N4O4S/c1-2-14-6-3-4-7-16(14)21-20(25)15-10-12-24(13-11-15)29(26,27)18-9-5-8-17-19(18)23-28-22-17/h3-9,15H,2,10-13H2,1H3,(H,21,25). The van der Waals surface area contributed by atoms with Gasteiger partial charge in [0.15, 0.2) is 5.52 Å². The molecule has 0 radical (unpaired) electrons. The number of hydrogen-bond donors (Lipinski definition) is 1. The predicted molar refractivity (Wildman–Crippen MR) is 108 cm³/mol. The molecule has 1 amide bonds. The van der Waals surface area contributed by atoms with Crippen molar-refractivity contribution in [2.45, 2.75) is 31.1 Å². The van der Waals surface area contributed by atoms with E-state index in [-0.39, 0.29) is 35.3 Å². The van der Waals surface area contributed by atoms with E-state index in [0.717, 1.165) is 17.7 Å². The van der Waals surface area contributed by atoms with Gasteiger partial charge in [-0.2, -0.15) is 4.31 Å². The first kappa shape index (κ1) is 19.5. The average Bonchev–Trinajstić information content (AvgIpc) is 3.23. The summed E-state index contributed by atoms with van der Waals surface area (Å²) in [5, 5.41) is 10.4. The SMILES string of the molecule is CCc1ccccc1NC(=O)C1CCN(S(=O)(=O)c2cccc3nonc23)CC1. The lowest BCUT2D eigenvalue weighted by Crippen LogP contribution is -2.41. The first-order valence-corrected chi connectivity index (χ1v) is 11.0. The number of aromatic nitrogens is 2. The average molecular weight is 414 g/mol. The Balaban J connectivity index is 1.45. The highest BCUT2D eigenvalue weighted by molar-refractivity contribution is 7.89. The molecule has 9 heteroatoms. The molecule has 0 unspecified atom stereocenters. The van der Waals surface area contributed by atoms with Gasteiger partial charge in [0.1, 0.15) is 10.4 Å². The van der Waals surface area contributed by atoms with Gasteiger partial charge in [0, 0.05) is 24.7 Å². The second-order valence-electron chi connectivity index (χ2n) is 7.07. The van der Waals surface area contributed by atoms with Crippen molar-refractivity contribution in [3.8, 4) is 0 Å². The molecule has 8 nitrogen and oxygen atoms in total. The number of nitrogens with zero attached hydrogens (tertiary/aromatic N) is 3. The lowest BCUT2D eigenvalue weighted by molar-refractivity contribution is -0.120. The van der Waals surface area contributed by atoms with Crippen LogP contribution in [-0.2, 0) is 21.2 Å². The lowest BCUT2D eigenvalue weighted by Gasteiger charge is -2.30. The summed E-state index contributed by atoms with van der Waals surface area (Å²) in [6, 6.07) is 12.5. The van der Waals surface area contributed by atoms with Crippen molar-refractivity contribution in [1.29, 1.82) is 0 Å². The largest absolute Gasteiger partial charge is 0.326 e. The highest BCUT2D eigenvalue weighted by Crippen LogP contribution is 2.28. The molecule has 0 saturated carbocycles. The van der Waals surface area contributed by atoms with Gasteiger partial charge in [-0.15, -0.1) is 0 Å². The molecule has 4 rings (SSSR count). The third-order valence-electron chi connectivity index (χ3n) is 5.35. The molecule has 1 saturated heterocycles. The fourth-order valence-electron chi connectivity index (χ4n) is 3.67. The minimum Gasteiger partial charge on any atom is -0.326 e. The van der Waals surface area contributed by atoms with Crippen molar-refractivity contribution < 1.29 is 17.8 Å². The second kappa shape index (κ2) is 7.92. The van der Waals surface area contributed by atoms with Crippen molar-refractivity contribution in [1.82, 2.24) is 14.6 Å². The van der Waals surface area contributed by atoms with Gasteiger partial charge in [-0.3, -0.25) is 4.79 Å². The first-order valence-electron chi connectivity index (χ1n) is 9.61. The quantitative estimate of drug-likeness (QED) is 0.688. The molecule has 0 bridgehead atoms. The van der Waals surface area contributed by atoms with Crippen LogP contribution in [0.2, 0.25) is 0 Å². The zero-order valence-electron chi connectivity index (χ0n) is 16.0. The first-order chi connectivity index (χ1) is 14.0. The van der Waals surface area contributed by atoms with Crippen LogP contribution in [-0.4, -0.2) is 42.0 Å². The summed E-state index contributed by atoms with van der Waals surface area (Å²) in [6.07, 6.45) is 1.76. The number of carbonyl (C=O) groups excluding carboxylic acids is 1. The summed E-state index contributed by atoms with van der Waals surface area (Å²) in [5.41, 5.74) is 2.52. The topological polar surface area (TPSA) is 105 Å². The summed E-state index contributed by atoms with van der Waals surface area (Å²) in [7, 11) is -3.74. The van der Waals surface area contributed by atoms with E-state index < -0.39 is 10.0 Å². The fraction of sp³-hybridized carbons (Fsp3) is 0.350. The van der Waals surface area contributed by atoms with E-state index in [1.165, 1.54) is 10.4 Å². The van der Waals surface area contributed by atoms with Crippen LogP contribution in [0.25, 0.3) is 11.0 Å². The smallest absolute Gasteiger partial charge is 0.245 e. The maximum atomic E-state index is 13.1. The van der Waals surface area contributed by atoms with Crippen LogP contribution in [0.15, 0.2) is 52.0 Å². The number of nitrogens with one attached hydrogen (secondary N) is 1. The Hall–Kier alpha value is -2.78. The fourth-order valence-corrected chi connectivity index (χ4v) is 5.28. The number of para-hydroxylation sites is 1. The van der Waals surface area contributed by atoms with Crippen LogP contribution < -0.4 is 5.32 Å². The second-order valence-corrected chi connectivity index (χ2v) is 8.97. The lowest BCUT2D eigenvalue weighted by atomic mass is 9.97. The van der Waals surface area contributed by atoms with Crippen LogP contribution >= 0.6 is 0 Å². The Labute approximate surface area is 168 Å². The van der Waals surface area contributed by atoms with Gasteiger partial charge < -0.3 is 5.32 Å². The Morgan fingerprint density at radius 3 is 2.66 bits per heavy atom. The molecule has 1 fully saturated rings. The Bertz CT molecular complexity index is 1130. The van der Waals surface area contributed by atoms with Crippen molar-refractivity contribution in [2.75, 3.05) is 18.4 Å². The van der Waals surface area contributed by atoms with Crippen molar-refractivity contribution in [2.24, 2.45) is 5.92 Å². The van der Waals surface area contributed by atoms with Crippen LogP contribution in [0.4, 0.5) is 5.69 Å². The Morgan fingerprint density at radius 1 is 1.14 bits per heavy atom. The molecule has 2 heterocycles. The number of sulfonamides is 1. The molecule has 0 spiro atoms. The minimum atomic E-state index is -3.74.